The molecule has 0 aromatic carbocycles. The van der Waals surface area contributed by atoms with Gasteiger partial charge in [0.15, 0.2) is 0 Å². The summed E-state index contributed by atoms with van der Waals surface area (Å²) < 4.78 is 10.1. The Balaban J connectivity index is 2.33. The molecule has 1 aromatic heterocycles. The smallest absolute Gasteiger partial charge is 0.146 e. The topological polar surface area (TPSA) is 56.3 Å². The molecule has 6 heteroatoms. The van der Waals surface area contributed by atoms with Crippen molar-refractivity contribution in [2.24, 2.45) is 0 Å². The highest BCUT2D eigenvalue weighted by molar-refractivity contribution is 7.11. The molecule has 1 atom stereocenters. The second-order valence-corrected chi connectivity index (χ2v) is 4.18. The summed E-state index contributed by atoms with van der Waals surface area (Å²) >= 11 is 1.57. The van der Waals surface area contributed by atoms with Gasteiger partial charge in [-0.3, -0.25) is 0 Å². The van der Waals surface area contributed by atoms with Gasteiger partial charge >= 0.3 is 0 Å². The maximum atomic E-state index is 5.16. The van der Waals surface area contributed by atoms with Crippen LogP contribution in [0.15, 0.2) is 0 Å². The van der Waals surface area contributed by atoms with Gasteiger partial charge < -0.3 is 14.8 Å². The largest absolute Gasteiger partial charge is 0.383 e. The lowest BCUT2D eigenvalue weighted by atomic mass is 10.4. The SMILES string of the molecule is COCCNCc1nnc(C(C)OC)s1. The standard InChI is InChI=1S/C9H17N3O2S/c1-7(14-3)9-12-11-8(15-9)6-10-4-5-13-2/h7,10H,4-6H2,1-3H3. The third-order valence-corrected chi connectivity index (χ3v) is 3.03. The summed E-state index contributed by atoms with van der Waals surface area (Å²) in [5.74, 6) is 0. The number of methoxy groups -OCH3 is 2. The monoisotopic (exact) mass is 231 g/mol. The number of nitrogens with one attached hydrogen (secondary N) is 1. The predicted octanol–water partition coefficient (Wildman–Crippen LogP) is 0.981. The van der Waals surface area contributed by atoms with Gasteiger partial charge in [0.05, 0.1) is 6.61 Å². The maximum absolute atomic E-state index is 5.16. The first-order valence-corrected chi connectivity index (χ1v) is 5.64. The van der Waals surface area contributed by atoms with Crippen LogP contribution in [0.1, 0.15) is 23.0 Å². The highest BCUT2D eigenvalue weighted by Gasteiger charge is 2.10. The molecule has 0 fully saturated rings. The number of nitrogens with zero attached hydrogens (tertiary/aromatic N) is 2. The summed E-state index contributed by atoms with van der Waals surface area (Å²) in [5, 5.41) is 13.2. The molecule has 0 saturated heterocycles. The number of rotatable bonds is 7. The van der Waals surface area contributed by atoms with Gasteiger partial charge in [-0.1, -0.05) is 11.3 Å². The van der Waals surface area contributed by atoms with Crippen molar-refractivity contribution in [3.63, 3.8) is 0 Å². The van der Waals surface area contributed by atoms with Crippen LogP contribution in [-0.4, -0.2) is 37.6 Å². The summed E-state index contributed by atoms with van der Waals surface area (Å²) in [7, 11) is 3.35. The number of ether oxygens (including phenoxy) is 2. The minimum Gasteiger partial charge on any atom is -0.383 e. The second-order valence-electron chi connectivity index (χ2n) is 3.08. The molecule has 0 aliphatic heterocycles. The van der Waals surface area contributed by atoms with E-state index in [4.69, 9.17) is 9.47 Å². The van der Waals surface area contributed by atoms with Crippen LogP contribution in [-0.2, 0) is 16.0 Å². The first kappa shape index (κ1) is 12.5. The zero-order valence-corrected chi connectivity index (χ0v) is 10.1. The van der Waals surface area contributed by atoms with E-state index in [1.54, 1.807) is 25.6 Å². The summed E-state index contributed by atoms with van der Waals surface area (Å²) in [6.45, 7) is 4.23. The fourth-order valence-corrected chi connectivity index (χ4v) is 1.81. The van der Waals surface area contributed by atoms with Crippen molar-refractivity contribution in [1.29, 1.82) is 0 Å². The first-order chi connectivity index (χ1) is 7.27. The van der Waals surface area contributed by atoms with E-state index in [1.807, 2.05) is 6.92 Å². The zero-order chi connectivity index (χ0) is 11.1. The van der Waals surface area contributed by atoms with Crippen molar-refractivity contribution in [2.75, 3.05) is 27.4 Å². The minimum absolute atomic E-state index is 0.0234. The van der Waals surface area contributed by atoms with E-state index in [1.165, 1.54) is 0 Å². The third kappa shape index (κ3) is 4.21. The lowest BCUT2D eigenvalue weighted by Gasteiger charge is -2.02. The van der Waals surface area contributed by atoms with Crippen LogP contribution >= 0.6 is 11.3 Å². The van der Waals surface area contributed by atoms with Gasteiger partial charge in [-0.25, -0.2) is 0 Å². The van der Waals surface area contributed by atoms with Crippen molar-refractivity contribution in [2.45, 2.75) is 19.6 Å². The van der Waals surface area contributed by atoms with Gasteiger partial charge in [-0.2, -0.15) is 0 Å². The molecule has 1 aromatic rings. The Morgan fingerprint density at radius 2 is 2.20 bits per heavy atom. The fourth-order valence-electron chi connectivity index (χ4n) is 0.973. The van der Waals surface area contributed by atoms with Gasteiger partial charge in [-0.15, -0.1) is 10.2 Å². The molecule has 0 aliphatic rings. The number of aromatic nitrogens is 2. The van der Waals surface area contributed by atoms with E-state index in [2.05, 4.69) is 15.5 Å². The quantitative estimate of drug-likeness (QED) is 0.709. The van der Waals surface area contributed by atoms with E-state index in [0.717, 1.165) is 23.1 Å². The molecule has 15 heavy (non-hydrogen) atoms. The molecule has 1 unspecified atom stereocenters. The normalized spacial score (nSPS) is 13.0. The van der Waals surface area contributed by atoms with Crippen molar-refractivity contribution in [3.05, 3.63) is 10.0 Å². The molecule has 1 rings (SSSR count). The Kier molecular flexibility index (Phi) is 5.70. The predicted molar refractivity (Wildman–Crippen MR) is 58.9 cm³/mol. The lowest BCUT2D eigenvalue weighted by Crippen LogP contribution is -2.18. The molecule has 1 N–H and O–H groups in total. The molecule has 1 heterocycles. The minimum atomic E-state index is 0.0234. The Bertz CT molecular complexity index is 280. The van der Waals surface area contributed by atoms with Crippen molar-refractivity contribution in [1.82, 2.24) is 15.5 Å². The molecule has 0 saturated carbocycles. The molecule has 0 radical (unpaired) electrons. The molecule has 0 aliphatic carbocycles. The van der Waals surface area contributed by atoms with Crippen LogP contribution in [0, 0.1) is 0 Å². The maximum Gasteiger partial charge on any atom is 0.146 e. The van der Waals surface area contributed by atoms with Gasteiger partial charge in [0.2, 0.25) is 0 Å². The van der Waals surface area contributed by atoms with Gasteiger partial charge in [-0.05, 0) is 6.92 Å². The van der Waals surface area contributed by atoms with E-state index < -0.39 is 0 Å². The second kappa shape index (κ2) is 6.84. The Morgan fingerprint density at radius 1 is 1.40 bits per heavy atom. The molecule has 0 amide bonds. The van der Waals surface area contributed by atoms with Crippen LogP contribution < -0.4 is 5.32 Å². The third-order valence-electron chi connectivity index (χ3n) is 1.94. The highest BCUT2D eigenvalue weighted by Crippen LogP contribution is 2.19. The molecular formula is C9H17N3O2S. The summed E-state index contributed by atoms with van der Waals surface area (Å²) in [6, 6.07) is 0. The zero-order valence-electron chi connectivity index (χ0n) is 9.32. The van der Waals surface area contributed by atoms with Gasteiger partial charge in [0.25, 0.3) is 0 Å². The molecule has 5 nitrogen and oxygen atoms in total. The Morgan fingerprint density at radius 3 is 2.87 bits per heavy atom. The number of hydrogen-bond donors (Lipinski definition) is 1. The van der Waals surface area contributed by atoms with E-state index in [9.17, 15) is 0 Å². The lowest BCUT2D eigenvalue weighted by molar-refractivity contribution is 0.118. The van der Waals surface area contributed by atoms with E-state index in [-0.39, 0.29) is 6.10 Å². The van der Waals surface area contributed by atoms with Gasteiger partial charge in [0, 0.05) is 27.3 Å². The van der Waals surface area contributed by atoms with Crippen molar-refractivity contribution in [3.8, 4) is 0 Å². The molecule has 0 spiro atoms. The van der Waals surface area contributed by atoms with Crippen molar-refractivity contribution >= 4 is 11.3 Å². The average Bonchev–Trinajstić information content (AvgIpc) is 2.72. The summed E-state index contributed by atoms with van der Waals surface area (Å²) in [6.07, 6.45) is 0.0234. The Labute approximate surface area is 93.8 Å². The first-order valence-electron chi connectivity index (χ1n) is 4.82. The van der Waals surface area contributed by atoms with Crippen molar-refractivity contribution < 1.29 is 9.47 Å². The van der Waals surface area contributed by atoms with E-state index in [0.29, 0.717) is 6.61 Å². The van der Waals surface area contributed by atoms with Crippen LogP contribution in [0.2, 0.25) is 0 Å². The van der Waals surface area contributed by atoms with Crippen LogP contribution in [0.5, 0.6) is 0 Å². The highest BCUT2D eigenvalue weighted by atomic mass is 32.1. The molecule has 86 valence electrons. The van der Waals surface area contributed by atoms with Crippen LogP contribution in [0.25, 0.3) is 0 Å². The fraction of sp³-hybridized carbons (Fsp3) is 0.778. The Hall–Kier alpha value is -0.560. The van der Waals surface area contributed by atoms with E-state index >= 15 is 0 Å². The number of hydrogen-bond acceptors (Lipinski definition) is 6. The summed E-state index contributed by atoms with van der Waals surface area (Å²) in [5.41, 5.74) is 0. The summed E-state index contributed by atoms with van der Waals surface area (Å²) in [4.78, 5) is 0. The van der Waals surface area contributed by atoms with Crippen LogP contribution in [0.3, 0.4) is 0 Å². The molecular weight excluding hydrogens is 214 g/mol. The molecule has 0 bridgehead atoms. The average molecular weight is 231 g/mol. The van der Waals surface area contributed by atoms with Gasteiger partial charge in [0.1, 0.15) is 16.1 Å². The van der Waals surface area contributed by atoms with Crippen LogP contribution in [0.4, 0.5) is 0 Å².